The van der Waals surface area contributed by atoms with Gasteiger partial charge in [0.05, 0.1) is 16.9 Å². The van der Waals surface area contributed by atoms with Gasteiger partial charge in [-0.2, -0.15) is 0 Å². The van der Waals surface area contributed by atoms with Gasteiger partial charge >= 0.3 is 0 Å². The summed E-state index contributed by atoms with van der Waals surface area (Å²) >= 11 is 1.42. The van der Waals surface area contributed by atoms with Crippen molar-refractivity contribution in [1.82, 2.24) is 0 Å². The molecule has 2 unspecified atom stereocenters. The smallest absolute Gasteiger partial charge is 0.242 e. The Morgan fingerprint density at radius 2 is 1.95 bits per heavy atom. The number of amides is 2. The SMILES string of the molecule is N[C@]12N=C[C@H](S1)C1C(=O)N(c3ccccc3)C(=O)C12. The van der Waals surface area contributed by atoms with Crippen LogP contribution < -0.4 is 10.6 Å². The van der Waals surface area contributed by atoms with Gasteiger partial charge in [0, 0.05) is 6.21 Å². The van der Waals surface area contributed by atoms with E-state index in [1.165, 1.54) is 16.7 Å². The molecule has 3 aliphatic heterocycles. The Labute approximate surface area is 113 Å². The van der Waals surface area contributed by atoms with Crippen LogP contribution in [0.4, 0.5) is 5.69 Å². The second-order valence-corrected chi connectivity index (χ2v) is 6.40. The molecule has 6 heteroatoms. The molecule has 4 rings (SSSR count). The van der Waals surface area contributed by atoms with Crippen LogP contribution in [0, 0.1) is 11.8 Å². The molecule has 5 nitrogen and oxygen atoms in total. The molecule has 1 aromatic rings. The average molecular weight is 273 g/mol. The summed E-state index contributed by atoms with van der Waals surface area (Å²) < 4.78 is 0. The van der Waals surface area contributed by atoms with Crippen molar-refractivity contribution in [3.8, 4) is 0 Å². The minimum absolute atomic E-state index is 0.0693. The molecule has 2 bridgehead atoms. The van der Waals surface area contributed by atoms with Gasteiger partial charge in [0.2, 0.25) is 11.8 Å². The molecular weight excluding hydrogens is 262 g/mol. The molecule has 0 radical (unpaired) electrons. The van der Waals surface area contributed by atoms with Crippen molar-refractivity contribution >= 4 is 35.5 Å². The van der Waals surface area contributed by atoms with Crippen molar-refractivity contribution in [1.29, 1.82) is 0 Å². The molecule has 4 atom stereocenters. The van der Waals surface area contributed by atoms with Crippen LogP contribution in [0.5, 0.6) is 0 Å². The number of hydrogen-bond acceptors (Lipinski definition) is 5. The first-order chi connectivity index (χ1) is 9.12. The van der Waals surface area contributed by atoms with Crippen molar-refractivity contribution in [3.05, 3.63) is 30.3 Å². The molecule has 0 saturated carbocycles. The fraction of sp³-hybridized carbons (Fsp3) is 0.308. The Morgan fingerprint density at radius 1 is 1.21 bits per heavy atom. The maximum absolute atomic E-state index is 12.5. The monoisotopic (exact) mass is 273 g/mol. The van der Waals surface area contributed by atoms with E-state index in [9.17, 15) is 9.59 Å². The molecule has 19 heavy (non-hydrogen) atoms. The van der Waals surface area contributed by atoms with Crippen LogP contribution in [0.3, 0.4) is 0 Å². The number of carbonyl (C=O) groups excluding carboxylic acids is 2. The number of para-hydroxylation sites is 1. The average Bonchev–Trinajstić information content (AvgIpc) is 3.00. The Morgan fingerprint density at radius 3 is 2.63 bits per heavy atom. The molecule has 0 spiro atoms. The number of thioether (sulfide) groups is 1. The van der Waals surface area contributed by atoms with Crippen molar-refractivity contribution in [3.63, 3.8) is 0 Å². The lowest BCUT2D eigenvalue weighted by Crippen LogP contribution is -2.45. The first kappa shape index (κ1) is 11.2. The van der Waals surface area contributed by atoms with Gasteiger partial charge < -0.3 is 0 Å². The van der Waals surface area contributed by atoms with Gasteiger partial charge in [-0.3, -0.25) is 20.3 Å². The summed E-state index contributed by atoms with van der Waals surface area (Å²) in [7, 11) is 0. The number of hydrogen-bond donors (Lipinski definition) is 1. The molecule has 0 aromatic heterocycles. The third-order valence-corrected chi connectivity index (χ3v) is 5.34. The largest absolute Gasteiger partial charge is 0.298 e. The van der Waals surface area contributed by atoms with E-state index in [1.54, 1.807) is 18.3 Å². The van der Waals surface area contributed by atoms with Crippen molar-refractivity contribution in [2.45, 2.75) is 10.2 Å². The van der Waals surface area contributed by atoms with Crippen LogP contribution in [0.1, 0.15) is 0 Å². The third-order valence-electron chi connectivity index (χ3n) is 3.91. The van der Waals surface area contributed by atoms with Crippen molar-refractivity contribution in [2.75, 3.05) is 4.90 Å². The zero-order chi connectivity index (χ0) is 13.2. The number of rotatable bonds is 1. The summed E-state index contributed by atoms with van der Waals surface area (Å²) in [4.78, 5) is 29.6. The first-order valence-electron chi connectivity index (χ1n) is 6.07. The van der Waals surface area contributed by atoms with Gasteiger partial charge in [-0.15, -0.1) is 11.8 Å². The minimum Gasteiger partial charge on any atom is -0.298 e. The Hall–Kier alpha value is -1.66. The molecule has 2 saturated heterocycles. The highest BCUT2D eigenvalue weighted by Gasteiger charge is 2.67. The number of fused-ring (bicyclic) bond motifs is 5. The lowest BCUT2D eigenvalue weighted by molar-refractivity contribution is -0.122. The predicted octanol–water partition coefficient (Wildman–Crippen LogP) is 0.604. The van der Waals surface area contributed by atoms with Crippen LogP contribution in [0.25, 0.3) is 0 Å². The molecule has 2 amide bonds. The third kappa shape index (κ3) is 1.27. The molecule has 0 aliphatic carbocycles. The lowest BCUT2D eigenvalue weighted by atomic mass is 9.88. The second-order valence-electron chi connectivity index (χ2n) is 4.96. The maximum Gasteiger partial charge on any atom is 0.242 e. The maximum atomic E-state index is 12.5. The van der Waals surface area contributed by atoms with E-state index in [4.69, 9.17) is 5.73 Å². The summed E-state index contributed by atoms with van der Waals surface area (Å²) in [6, 6.07) is 8.98. The first-order valence-corrected chi connectivity index (χ1v) is 6.95. The van der Waals surface area contributed by atoms with E-state index in [0.29, 0.717) is 5.69 Å². The van der Waals surface area contributed by atoms with Crippen LogP contribution in [-0.4, -0.2) is 28.3 Å². The van der Waals surface area contributed by atoms with E-state index in [1.807, 2.05) is 18.2 Å². The van der Waals surface area contributed by atoms with Gasteiger partial charge in [-0.1, -0.05) is 18.2 Å². The number of aliphatic imine (C=N–C) groups is 1. The van der Waals surface area contributed by atoms with Gasteiger partial charge in [0.25, 0.3) is 0 Å². The van der Waals surface area contributed by atoms with Gasteiger partial charge in [0.1, 0.15) is 5.92 Å². The normalized spacial score (nSPS) is 39.2. The molecule has 1 aromatic carbocycles. The van der Waals surface area contributed by atoms with Gasteiger partial charge in [-0.25, -0.2) is 4.90 Å². The highest BCUT2D eigenvalue weighted by Crippen LogP contribution is 2.56. The summed E-state index contributed by atoms with van der Waals surface area (Å²) in [6.07, 6.45) is 1.71. The number of anilines is 1. The van der Waals surface area contributed by atoms with Crippen LogP contribution in [0.15, 0.2) is 35.3 Å². The van der Waals surface area contributed by atoms with E-state index >= 15 is 0 Å². The number of nitrogens with zero attached hydrogens (tertiary/aromatic N) is 2. The Bertz CT molecular complexity index is 618. The highest BCUT2D eigenvalue weighted by molar-refractivity contribution is 8.02. The minimum atomic E-state index is -0.953. The highest BCUT2D eigenvalue weighted by atomic mass is 32.2. The fourth-order valence-corrected chi connectivity index (χ4v) is 4.57. The number of benzene rings is 1. The van der Waals surface area contributed by atoms with E-state index in [-0.39, 0.29) is 23.0 Å². The Kier molecular flexibility index (Phi) is 2.04. The van der Waals surface area contributed by atoms with Gasteiger partial charge in [-0.05, 0) is 12.1 Å². The summed E-state index contributed by atoms with van der Waals surface area (Å²) in [5, 5.41) is -0.0693. The lowest BCUT2D eigenvalue weighted by Gasteiger charge is -2.23. The van der Waals surface area contributed by atoms with E-state index in [0.717, 1.165) is 0 Å². The summed E-state index contributed by atoms with van der Waals surface area (Å²) in [6.45, 7) is 0. The fourth-order valence-electron chi connectivity index (χ4n) is 3.08. The molecule has 2 N–H and O–H groups in total. The van der Waals surface area contributed by atoms with E-state index < -0.39 is 10.9 Å². The number of nitrogens with two attached hydrogens (primary N) is 1. The number of carbonyl (C=O) groups is 2. The zero-order valence-electron chi connectivity index (χ0n) is 9.89. The Balaban J connectivity index is 1.80. The van der Waals surface area contributed by atoms with Crippen molar-refractivity contribution < 1.29 is 9.59 Å². The van der Waals surface area contributed by atoms with Crippen LogP contribution in [0.2, 0.25) is 0 Å². The standard InChI is InChI=1S/C13H11N3O2S/c14-13-10-9(8(19-13)6-15-13)11(17)16(12(10)18)7-4-2-1-3-5-7/h1-6,8-10H,14H2/t8-,9?,10?,13+/m0/s1. The van der Waals surface area contributed by atoms with Gasteiger partial charge in [0.15, 0.2) is 4.99 Å². The molecule has 2 fully saturated rings. The molecule has 3 aliphatic rings. The zero-order valence-corrected chi connectivity index (χ0v) is 10.7. The summed E-state index contributed by atoms with van der Waals surface area (Å²) in [5.41, 5.74) is 6.75. The quantitative estimate of drug-likeness (QED) is 0.760. The topological polar surface area (TPSA) is 75.8 Å². The molecule has 3 heterocycles. The van der Waals surface area contributed by atoms with E-state index in [2.05, 4.69) is 4.99 Å². The van der Waals surface area contributed by atoms with Crippen LogP contribution in [-0.2, 0) is 9.59 Å². The predicted molar refractivity (Wildman–Crippen MR) is 72.7 cm³/mol. The second kappa shape index (κ2) is 3.46. The van der Waals surface area contributed by atoms with Crippen LogP contribution >= 0.6 is 11.8 Å². The summed E-state index contributed by atoms with van der Waals surface area (Å²) in [5.74, 6) is -1.27. The van der Waals surface area contributed by atoms with Crippen molar-refractivity contribution in [2.24, 2.45) is 22.6 Å². The molecule has 96 valence electrons. The number of imide groups is 1. The molecular formula is C13H11N3O2S.